The third-order valence-corrected chi connectivity index (χ3v) is 7.28. The summed E-state index contributed by atoms with van der Waals surface area (Å²) in [5, 5.41) is 12.6. The highest BCUT2D eigenvalue weighted by molar-refractivity contribution is 5.99. The number of carbonyl (C=O) groups is 3. The molecule has 0 unspecified atom stereocenters. The highest BCUT2D eigenvalue weighted by atomic mass is 16.5. The zero-order chi connectivity index (χ0) is 30.4. The van der Waals surface area contributed by atoms with Crippen molar-refractivity contribution in [2.24, 2.45) is 0 Å². The number of carboxylic acid groups (broad SMARTS) is 1. The fourth-order valence-electron chi connectivity index (χ4n) is 4.87. The number of amides is 1. The number of methoxy groups -OCH3 is 2. The van der Waals surface area contributed by atoms with Crippen LogP contribution in [0.25, 0.3) is 0 Å². The van der Waals surface area contributed by atoms with Crippen LogP contribution < -0.4 is 24.3 Å². The van der Waals surface area contributed by atoms with E-state index in [2.05, 4.69) is 5.32 Å². The second-order valence-electron chi connectivity index (χ2n) is 9.74. The number of aromatic carboxylic acids is 1. The van der Waals surface area contributed by atoms with E-state index < -0.39 is 11.9 Å². The molecule has 0 saturated carbocycles. The molecule has 0 saturated heterocycles. The number of carboxylic acids is 1. The molecule has 9 nitrogen and oxygen atoms in total. The van der Waals surface area contributed by atoms with Crippen LogP contribution in [-0.2, 0) is 0 Å². The number of esters is 1. The lowest BCUT2D eigenvalue weighted by Crippen LogP contribution is -2.25. The number of nitrogens with one attached hydrogen (secondary N) is 1. The van der Waals surface area contributed by atoms with E-state index >= 15 is 0 Å². The largest absolute Gasteiger partial charge is 0.495 e. The molecule has 3 aromatic carbocycles. The molecule has 1 amide bonds. The van der Waals surface area contributed by atoms with Gasteiger partial charge in [-0.1, -0.05) is 18.2 Å². The van der Waals surface area contributed by atoms with Gasteiger partial charge in [0.2, 0.25) is 0 Å². The Morgan fingerprint density at radius 2 is 1.24 bits per heavy atom. The van der Waals surface area contributed by atoms with Gasteiger partial charge in [0.25, 0.3) is 5.91 Å². The van der Waals surface area contributed by atoms with Gasteiger partial charge in [-0.05, 0) is 82.3 Å². The van der Waals surface area contributed by atoms with Crippen LogP contribution in [0.2, 0.25) is 0 Å². The van der Waals surface area contributed by atoms with E-state index in [-0.39, 0.29) is 28.5 Å². The Morgan fingerprint density at radius 3 is 1.83 bits per heavy atom. The zero-order valence-electron chi connectivity index (χ0n) is 24.8. The molecule has 0 atom stereocenters. The van der Waals surface area contributed by atoms with Crippen LogP contribution in [0, 0.1) is 41.5 Å². The van der Waals surface area contributed by atoms with Crippen molar-refractivity contribution in [3.8, 4) is 23.0 Å². The molecular formula is C32H37NO8. The second kappa shape index (κ2) is 13.2. The molecule has 0 fully saturated rings. The predicted octanol–water partition coefficient (Wildman–Crippen LogP) is 5.67. The fraction of sp³-hybridized carbons (Fsp3) is 0.344. The van der Waals surface area contributed by atoms with Gasteiger partial charge in [0.05, 0.1) is 20.8 Å². The van der Waals surface area contributed by atoms with E-state index in [0.29, 0.717) is 64.5 Å². The molecule has 0 aliphatic rings. The third-order valence-electron chi connectivity index (χ3n) is 7.28. The smallest absolute Gasteiger partial charge is 0.347 e. The number of ether oxygens (including phenoxy) is 4. The molecule has 3 rings (SSSR count). The lowest BCUT2D eigenvalue weighted by molar-refractivity contribution is 0.0691. The lowest BCUT2D eigenvalue weighted by Gasteiger charge is -2.22. The molecule has 3 aromatic rings. The summed E-state index contributed by atoms with van der Waals surface area (Å²) in [5.74, 6) is -0.605. The van der Waals surface area contributed by atoms with Crippen LogP contribution in [-0.4, -0.2) is 50.3 Å². The Labute approximate surface area is 240 Å². The maximum absolute atomic E-state index is 13.6. The van der Waals surface area contributed by atoms with Gasteiger partial charge >= 0.3 is 11.9 Å². The minimum absolute atomic E-state index is 0.0314. The van der Waals surface area contributed by atoms with E-state index in [9.17, 15) is 19.5 Å². The van der Waals surface area contributed by atoms with Gasteiger partial charge in [0, 0.05) is 23.2 Å². The van der Waals surface area contributed by atoms with Crippen LogP contribution in [0.15, 0.2) is 30.3 Å². The Balaban J connectivity index is 1.83. The molecular weight excluding hydrogens is 526 g/mol. The maximum Gasteiger partial charge on any atom is 0.347 e. The van der Waals surface area contributed by atoms with Crippen LogP contribution in [0.3, 0.4) is 0 Å². The molecule has 0 aliphatic carbocycles. The highest BCUT2D eigenvalue weighted by Gasteiger charge is 2.29. The van der Waals surface area contributed by atoms with Crippen molar-refractivity contribution in [3.63, 3.8) is 0 Å². The van der Waals surface area contributed by atoms with Crippen molar-refractivity contribution >= 4 is 17.8 Å². The predicted molar refractivity (Wildman–Crippen MR) is 155 cm³/mol. The van der Waals surface area contributed by atoms with E-state index in [0.717, 1.165) is 5.56 Å². The Kier molecular flexibility index (Phi) is 9.99. The average molecular weight is 564 g/mol. The van der Waals surface area contributed by atoms with Gasteiger partial charge in [-0.25, -0.2) is 9.59 Å². The first-order valence-corrected chi connectivity index (χ1v) is 13.2. The average Bonchev–Trinajstić information content (AvgIpc) is 2.95. The highest BCUT2D eigenvalue weighted by Crippen LogP contribution is 2.41. The van der Waals surface area contributed by atoms with Crippen LogP contribution in [0.5, 0.6) is 23.0 Å². The number of carbonyl (C=O) groups excluding carboxylic acids is 2. The van der Waals surface area contributed by atoms with E-state index in [1.165, 1.54) is 14.2 Å². The van der Waals surface area contributed by atoms with E-state index in [1.807, 2.05) is 25.1 Å². The van der Waals surface area contributed by atoms with Gasteiger partial charge in [-0.15, -0.1) is 0 Å². The first-order chi connectivity index (χ1) is 19.5. The van der Waals surface area contributed by atoms with Gasteiger partial charge in [0.15, 0.2) is 0 Å². The van der Waals surface area contributed by atoms with Crippen molar-refractivity contribution < 1.29 is 38.4 Å². The quantitative estimate of drug-likeness (QED) is 0.174. The van der Waals surface area contributed by atoms with Gasteiger partial charge < -0.3 is 29.4 Å². The maximum atomic E-state index is 13.6. The summed E-state index contributed by atoms with van der Waals surface area (Å²) >= 11 is 0. The number of rotatable bonds is 11. The summed E-state index contributed by atoms with van der Waals surface area (Å²) in [7, 11) is 2.85. The normalized spacial score (nSPS) is 10.6. The molecule has 0 heterocycles. The molecule has 218 valence electrons. The minimum Gasteiger partial charge on any atom is -0.495 e. The van der Waals surface area contributed by atoms with Crippen molar-refractivity contribution in [2.45, 2.75) is 48.0 Å². The summed E-state index contributed by atoms with van der Waals surface area (Å²) in [6, 6.07) is 8.99. The summed E-state index contributed by atoms with van der Waals surface area (Å²) in [6.45, 7) is 11.2. The Morgan fingerprint density at radius 1 is 0.707 bits per heavy atom. The summed E-state index contributed by atoms with van der Waals surface area (Å²) in [6.07, 6.45) is 0.578. The molecule has 0 aliphatic heterocycles. The van der Waals surface area contributed by atoms with E-state index in [4.69, 9.17) is 18.9 Å². The van der Waals surface area contributed by atoms with Crippen molar-refractivity contribution in [1.29, 1.82) is 0 Å². The summed E-state index contributed by atoms with van der Waals surface area (Å²) in [4.78, 5) is 37.7. The topological polar surface area (TPSA) is 120 Å². The number of hydrogen-bond acceptors (Lipinski definition) is 7. The number of benzene rings is 3. The molecule has 0 aromatic heterocycles. The molecule has 41 heavy (non-hydrogen) atoms. The molecule has 0 spiro atoms. The van der Waals surface area contributed by atoms with Crippen LogP contribution in [0.4, 0.5) is 0 Å². The van der Waals surface area contributed by atoms with Gasteiger partial charge in [-0.3, -0.25) is 4.79 Å². The second-order valence-corrected chi connectivity index (χ2v) is 9.74. The van der Waals surface area contributed by atoms with E-state index in [1.54, 1.807) is 46.8 Å². The Hall–Kier alpha value is -4.53. The lowest BCUT2D eigenvalue weighted by atomic mass is 9.96. The van der Waals surface area contributed by atoms with Crippen molar-refractivity contribution in [2.75, 3.05) is 27.4 Å². The first kappa shape index (κ1) is 31.0. The van der Waals surface area contributed by atoms with Crippen molar-refractivity contribution in [1.82, 2.24) is 5.32 Å². The molecule has 0 radical (unpaired) electrons. The fourth-order valence-corrected chi connectivity index (χ4v) is 4.87. The SMILES string of the molecule is COc1c(C)c(OC(=O)c2c(C)c(C)c(OCCCNC(=O)c3ccccc3)c(C)c2OC)c(C)c(C)c1C(=O)O. The minimum atomic E-state index is -1.12. The molecule has 9 heteroatoms. The third kappa shape index (κ3) is 6.29. The van der Waals surface area contributed by atoms with Crippen molar-refractivity contribution in [3.05, 3.63) is 80.4 Å². The molecule has 0 bridgehead atoms. The van der Waals surface area contributed by atoms with Crippen LogP contribution in [0.1, 0.15) is 70.9 Å². The monoisotopic (exact) mass is 563 g/mol. The first-order valence-electron chi connectivity index (χ1n) is 13.2. The number of hydrogen-bond donors (Lipinski definition) is 2. The van der Waals surface area contributed by atoms with Gasteiger partial charge in [-0.2, -0.15) is 0 Å². The Bertz CT molecular complexity index is 1480. The summed E-state index contributed by atoms with van der Waals surface area (Å²) < 4.78 is 23.0. The standard InChI is InChI=1S/C32H37NO8/c1-17-20(4)27(22(6)28(38-7)24(17)31(35)36)41-32(37)25-18(2)19(3)26(21(5)29(25)39-8)40-16-12-15-33-30(34)23-13-10-9-11-14-23/h9-11,13-14H,12,15-16H2,1-8H3,(H,33,34)(H,35,36). The van der Waals surface area contributed by atoms with Crippen LogP contribution >= 0.6 is 0 Å². The molecule has 2 N–H and O–H groups in total. The zero-order valence-corrected chi connectivity index (χ0v) is 24.8. The van der Waals surface area contributed by atoms with Gasteiger partial charge in [0.1, 0.15) is 34.1 Å². The summed E-state index contributed by atoms with van der Waals surface area (Å²) in [5.41, 5.74) is 4.29.